The molecule has 1 fully saturated rings. The number of nitro benzene ring substituents is 1. The predicted molar refractivity (Wildman–Crippen MR) is 95.9 cm³/mol. The number of carbonyl (C=O) groups excluding carboxylic acids is 1. The van der Waals surface area contributed by atoms with Gasteiger partial charge in [0.1, 0.15) is 5.82 Å². The number of rotatable bonds is 5. The van der Waals surface area contributed by atoms with Crippen molar-refractivity contribution in [3.05, 3.63) is 64.5 Å². The molecule has 0 spiro atoms. The molecule has 1 saturated heterocycles. The van der Waals surface area contributed by atoms with Gasteiger partial charge in [-0.05, 0) is 18.2 Å². The number of halogens is 1. The maximum Gasteiger partial charge on any atom is 0.279 e. The number of nitrogens with one attached hydrogen (secondary N) is 2. The fourth-order valence-corrected chi connectivity index (χ4v) is 3.08. The molecule has 0 aliphatic carbocycles. The van der Waals surface area contributed by atoms with Crippen molar-refractivity contribution in [2.24, 2.45) is 0 Å². The summed E-state index contributed by atoms with van der Waals surface area (Å²) in [6.45, 7) is 3.04. The molecule has 7 nitrogen and oxygen atoms in total. The second-order valence-corrected chi connectivity index (χ2v) is 6.22. The lowest BCUT2D eigenvalue weighted by Crippen LogP contribution is -3.15. The van der Waals surface area contributed by atoms with E-state index in [4.69, 9.17) is 0 Å². The van der Waals surface area contributed by atoms with Crippen molar-refractivity contribution < 1.29 is 19.0 Å². The van der Waals surface area contributed by atoms with Crippen LogP contribution < -0.4 is 15.1 Å². The number of nitro groups is 1. The van der Waals surface area contributed by atoms with Crippen LogP contribution in [0.1, 0.15) is 0 Å². The van der Waals surface area contributed by atoms with E-state index in [0.29, 0.717) is 24.5 Å². The van der Waals surface area contributed by atoms with E-state index in [1.54, 1.807) is 18.2 Å². The van der Waals surface area contributed by atoms with Gasteiger partial charge in [-0.1, -0.05) is 18.2 Å². The number of carbonyl (C=O) groups is 1. The Morgan fingerprint density at radius 3 is 2.62 bits per heavy atom. The van der Waals surface area contributed by atoms with Crippen molar-refractivity contribution in [2.75, 3.05) is 42.9 Å². The standard InChI is InChI=1S/C18H19FN4O3/c19-16-6-1-2-7-17(16)22-10-8-21(9-11-22)13-18(24)20-14-4-3-5-15(12-14)23(25)26/h1-7,12H,8-11,13H2,(H,20,24)/p+1. The number of hydrogen-bond donors (Lipinski definition) is 2. The Kier molecular flexibility index (Phi) is 5.43. The third kappa shape index (κ3) is 4.34. The second kappa shape index (κ2) is 7.92. The SMILES string of the molecule is O=C(C[NH+]1CCN(c2ccccc2F)CC1)Nc1cccc([N+](=O)[O-])c1. The fraction of sp³-hybridized carbons (Fsp3) is 0.278. The summed E-state index contributed by atoms with van der Waals surface area (Å²) in [4.78, 5) is 25.6. The van der Waals surface area contributed by atoms with Crippen LogP contribution in [0, 0.1) is 15.9 Å². The lowest BCUT2D eigenvalue weighted by molar-refractivity contribution is -0.892. The van der Waals surface area contributed by atoms with Gasteiger partial charge >= 0.3 is 0 Å². The lowest BCUT2D eigenvalue weighted by atomic mass is 10.2. The Morgan fingerprint density at radius 1 is 1.19 bits per heavy atom. The molecule has 1 amide bonds. The highest BCUT2D eigenvalue weighted by Crippen LogP contribution is 2.18. The smallest absolute Gasteiger partial charge is 0.279 e. The Bertz CT molecular complexity index is 807. The van der Waals surface area contributed by atoms with Crippen LogP contribution in [0.2, 0.25) is 0 Å². The third-order valence-corrected chi connectivity index (χ3v) is 4.41. The summed E-state index contributed by atoms with van der Waals surface area (Å²) in [5.41, 5.74) is 0.940. The number of piperazine rings is 1. The van der Waals surface area contributed by atoms with Crippen molar-refractivity contribution in [1.82, 2.24) is 0 Å². The molecule has 0 unspecified atom stereocenters. The van der Waals surface area contributed by atoms with Gasteiger partial charge in [-0.25, -0.2) is 4.39 Å². The molecule has 8 heteroatoms. The summed E-state index contributed by atoms with van der Waals surface area (Å²) in [6.07, 6.45) is 0. The maximum atomic E-state index is 13.9. The summed E-state index contributed by atoms with van der Waals surface area (Å²) in [5, 5.41) is 13.5. The van der Waals surface area contributed by atoms with Crippen LogP contribution in [0.4, 0.5) is 21.5 Å². The van der Waals surface area contributed by atoms with Crippen LogP contribution in [0.5, 0.6) is 0 Å². The van der Waals surface area contributed by atoms with Gasteiger partial charge in [-0.15, -0.1) is 0 Å². The summed E-state index contributed by atoms with van der Waals surface area (Å²) in [7, 11) is 0. The minimum absolute atomic E-state index is 0.0614. The molecule has 136 valence electrons. The number of nitrogens with zero attached hydrogens (tertiary/aromatic N) is 2. The number of para-hydroxylation sites is 1. The first-order valence-electron chi connectivity index (χ1n) is 8.40. The Hall–Kier alpha value is -3.00. The van der Waals surface area contributed by atoms with Crippen molar-refractivity contribution in [3.8, 4) is 0 Å². The van der Waals surface area contributed by atoms with Crippen LogP contribution >= 0.6 is 0 Å². The quantitative estimate of drug-likeness (QED) is 0.618. The zero-order valence-corrected chi connectivity index (χ0v) is 14.2. The Balaban J connectivity index is 1.51. The maximum absolute atomic E-state index is 13.9. The molecule has 0 bridgehead atoms. The third-order valence-electron chi connectivity index (χ3n) is 4.41. The second-order valence-electron chi connectivity index (χ2n) is 6.22. The largest absolute Gasteiger partial charge is 0.358 e. The minimum atomic E-state index is -0.497. The first-order chi connectivity index (χ1) is 12.5. The topological polar surface area (TPSA) is 79.9 Å². The number of benzene rings is 2. The molecular formula is C18H20FN4O3+. The van der Waals surface area contributed by atoms with E-state index < -0.39 is 4.92 Å². The number of non-ortho nitro benzene ring substituents is 1. The van der Waals surface area contributed by atoms with E-state index in [2.05, 4.69) is 5.32 Å². The average molecular weight is 359 g/mol. The number of quaternary nitrogens is 1. The van der Waals surface area contributed by atoms with Gasteiger partial charge in [0.2, 0.25) is 0 Å². The van der Waals surface area contributed by atoms with E-state index in [0.717, 1.165) is 18.0 Å². The highest BCUT2D eigenvalue weighted by molar-refractivity contribution is 5.91. The molecular weight excluding hydrogens is 339 g/mol. The van der Waals surface area contributed by atoms with E-state index in [1.165, 1.54) is 24.3 Å². The molecule has 2 N–H and O–H groups in total. The van der Waals surface area contributed by atoms with Gasteiger partial charge in [-0.3, -0.25) is 14.9 Å². The van der Waals surface area contributed by atoms with Gasteiger partial charge in [-0.2, -0.15) is 0 Å². The molecule has 1 aliphatic heterocycles. The highest BCUT2D eigenvalue weighted by atomic mass is 19.1. The Labute approximate surface area is 150 Å². The molecule has 3 rings (SSSR count). The molecule has 2 aromatic rings. The van der Waals surface area contributed by atoms with E-state index in [9.17, 15) is 19.3 Å². The van der Waals surface area contributed by atoms with Crippen LogP contribution in [-0.4, -0.2) is 43.6 Å². The van der Waals surface area contributed by atoms with Crippen molar-refractivity contribution in [2.45, 2.75) is 0 Å². The first kappa shape index (κ1) is 17.8. The first-order valence-corrected chi connectivity index (χ1v) is 8.40. The molecule has 2 aromatic carbocycles. The van der Waals surface area contributed by atoms with Crippen molar-refractivity contribution in [1.29, 1.82) is 0 Å². The number of hydrogen-bond acceptors (Lipinski definition) is 4. The van der Waals surface area contributed by atoms with Crippen LogP contribution in [-0.2, 0) is 4.79 Å². The summed E-state index contributed by atoms with van der Waals surface area (Å²) < 4.78 is 13.9. The van der Waals surface area contributed by atoms with Crippen molar-refractivity contribution >= 4 is 23.0 Å². The summed E-state index contributed by atoms with van der Waals surface area (Å²) in [5.74, 6) is -0.431. The van der Waals surface area contributed by atoms with Gasteiger partial charge in [0, 0.05) is 17.8 Å². The van der Waals surface area contributed by atoms with Crippen molar-refractivity contribution in [3.63, 3.8) is 0 Å². The minimum Gasteiger partial charge on any atom is -0.358 e. The van der Waals surface area contributed by atoms with Crippen LogP contribution in [0.15, 0.2) is 48.5 Å². The van der Waals surface area contributed by atoms with E-state index in [-0.39, 0.29) is 24.0 Å². The molecule has 0 radical (unpaired) electrons. The average Bonchev–Trinajstić information content (AvgIpc) is 2.63. The predicted octanol–water partition coefficient (Wildman–Crippen LogP) is 1.08. The van der Waals surface area contributed by atoms with Crippen LogP contribution in [0.3, 0.4) is 0 Å². The lowest BCUT2D eigenvalue weighted by Gasteiger charge is -2.33. The zero-order chi connectivity index (χ0) is 18.5. The molecule has 1 heterocycles. The molecule has 1 aliphatic rings. The molecule has 0 atom stereocenters. The van der Waals surface area contributed by atoms with Gasteiger partial charge in [0.25, 0.3) is 11.6 Å². The number of anilines is 2. The van der Waals surface area contributed by atoms with E-state index >= 15 is 0 Å². The number of amides is 1. The van der Waals surface area contributed by atoms with E-state index in [1.807, 2.05) is 11.0 Å². The molecule has 0 aromatic heterocycles. The highest BCUT2D eigenvalue weighted by Gasteiger charge is 2.23. The molecule has 0 saturated carbocycles. The summed E-state index contributed by atoms with van der Waals surface area (Å²) in [6, 6.07) is 12.6. The van der Waals surface area contributed by atoms with Gasteiger partial charge in [0.15, 0.2) is 6.54 Å². The zero-order valence-electron chi connectivity index (χ0n) is 14.2. The molecule has 26 heavy (non-hydrogen) atoms. The normalized spacial score (nSPS) is 14.9. The Morgan fingerprint density at radius 2 is 1.92 bits per heavy atom. The fourth-order valence-electron chi connectivity index (χ4n) is 3.08. The monoisotopic (exact) mass is 359 g/mol. The van der Waals surface area contributed by atoms with Gasteiger partial charge < -0.3 is 15.1 Å². The van der Waals surface area contributed by atoms with Gasteiger partial charge in [0.05, 0.1) is 36.8 Å². The summed E-state index contributed by atoms with van der Waals surface area (Å²) >= 11 is 0. The van der Waals surface area contributed by atoms with Crippen LogP contribution in [0.25, 0.3) is 0 Å².